The van der Waals surface area contributed by atoms with E-state index in [-0.39, 0.29) is 23.2 Å². The molecule has 0 radical (unpaired) electrons. The molecule has 0 spiro atoms. The molecule has 2 aromatic heterocycles. The van der Waals surface area contributed by atoms with Crippen LogP contribution in [0.3, 0.4) is 0 Å². The van der Waals surface area contributed by atoms with E-state index in [0.717, 1.165) is 0 Å². The van der Waals surface area contributed by atoms with Crippen molar-refractivity contribution in [3.05, 3.63) is 54.4 Å². The number of sulfone groups is 1. The zero-order valence-electron chi connectivity index (χ0n) is 17.7. The van der Waals surface area contributed by atoms with Crippen molar-refractivity contribution in [1.82, 2.24) is 19.9 Å². The van der Waals surface area contributed by atoms with Crippen LogP contribution in [0.1, 0.15) is 10.4 Å². The predicted molar refractivity (Wildman–Crippen MR) is 130 cm³/mol. The lowest BCUT2D eigenvalue weighted by atomic mass is 10.1. The molecule has 4 rings (SSSR count). The van der Waals surface area contributed by atoms with Gasteiger partial charge in [0, 0.05) is 37.3 Å². The predicted octanol–water partition coefficient (Wildman–Crippen LogP) is 3.27. The molecule has 8 nitrogen and oxygen atoms in total. The summed E-state index contributed by atoms with van der Waals surface area (Å²) in [6.07, 6.45) is 4.37. The van der Waals surface area contributed by atoms with Crippen LogP contribution in [0.5, 0.6) is 0 Å². The zero-order valence-corrected chi connectivity index (χ0v) is 20.2. The molecule has 0 aliphatic carbocycles. The summed E-state index contributed by atoms with van der Waals surface area (Å²) in [4.78, 5) is 30.4. The number of fused-ring (bicyclic) bond motifs is 2. The summed E-state index contributed by atoms with van der Waals surface area (Å²) in [6, 6.07) is 10.0. The molecule has 4 aromatic rings. The molecule has 0 saturated carbocycles. The number of rotatable bonds is 6. The number of carbonyl (C=O) groups excluding carboxylic acids is 1. The first-order valence-electron chi connectivity index (χ1n) is 9.50. The quantitative estimate of drug-likeness (QED) is 0.408. The van der Waals surface area contributed by atoms with E-state index in [2.05, 4.69) is 15.0 Å². The third-order valence-corrected chi connectivity index (χ3v) is 6.89. The average molecular weight is 492 g/mol. The third-order valence-electron chi connectivity index (χ3n) is 4.74. The van der Waals surface area contributed by atoms with Crippen molar-refractivity contribution in [3.63, 3.8) is 0 Å². The lowest BCUT2D eigenvalue weighted by molar-refractivity contribution is 0.0985. The van der Waals surface area contributed by atoms with Gasteiger partial charge in [-0.15, -0.1) is 12.4 Å². The Morgan fingerprint density at radius 1 is 0.969 bits per heavy atom. The lowest BCUT2D eigenvalue weighted by Crippen LogP contribution is -2.36. The summed E-state index contributed by atoms with van der Waals surface area (Å²) >= 11 is 1.30. The number of halogens is 1. The van der Waals surface area contributed by atoms with Gasteiger partial charge in [0.2, 0.25) is 0 Å². The summed E-state index contributed by atoms with van der Waals surface area (Å²) in [7, 11) is 0.543. The van der Waals surface area contributed by atoms with Crippen molar-refractivity contribution in [2.45, 2.75) is 4.90 Å². The van der Waals surface area contributed by atoms with Gasteiger partial charge in [0.15, 0.2) is 15.0 Å². The van der Waals surface area contributed by atoms with Crippen molar-refractivity contribution in [2.75, 3.05) is 38.3 Å². The molecule has 0 bridgehead atoms. The second-order valence-electron chi connectivity index (χ2n) is 7.42. The minimum absolute atomic E-state index is 0. The van der Waals surface area contributed by atoms with Gasteiger partial charge in [-0.25, -0.2) is 13.4 Å². The Labute approximate surface area is 196 Å². The second-order valence-corrected chi connectivity index (χ2v) is 10.4. The lowest BCUT2D eigenvalue weighted by Gasteiger charge is -2.22. The largest absolute Gasteiger partial charge is 0.308 e. The van der Waals surface area contributed by atoms with Crippen molar-refractivity contribution >= 4 is 65.9 Å². The maximum Gasteiger partial charge on any atom is 0.260 e. The Bertz CT molecular complexity index is 1390. The first-order valence-corrected chi connectivity index (χ1v) is 12.2. The van der Waals surface area contributed by atoms with Gasteiger partial charge in [0.25, 0.3) is 5.91 Å². The van der Waals surface area contributed by atoms with E-state index in [1.165, 1.54) is 23.7 Å². The van der Waals surface area contributed by atoms with Crippen LogP contribution in [0.15, 0.2) is 53.7 Å². The third kappa shape index (κ3) is 5.04. The fraction of sp³-hybridized carbons (Fsp3) is 0.238. The molecule has 11 heteroatoms. The molecule has 2 aromatic carbocycles. The Hall–Kier alpha value is -2.66. The van der Waals surface area contributed by atoms with Crippen LogP contribution in [-0.4, -0.2) is 67.6 Å². The molecular weight excluding hydrogens is 470 g/mol. The van der Waals surface area contributed by atoms with E-state index < -0.39 is 9.84 Å². The minimum atomic E-state index is -3.33. The number of thiazole rings is 1. The molecular formula is C21H22ClN5O3S2. The van der Waals surface area contributed by atoms with Crippen LogP contribution in [0.4, 0.5) is 5.13 Å². The van der Waals surface area contributed by atoms with Crippen LogP contribution in [0.25, 0.3) is 21.3 Å². The Balaban J connectivity index is 0.00000289. The number of benzene rings is 2. The zero-order chi connectivity index (χ0) is 22.2. The number of nitrogens with zero attached hydrogens (tertiary/aromatic N) is 5. The highest BCUT2D eigenvalue weighted by molar-refractivity contribution is 7.90. The van der Waals surface area contributed by atoms with Crippen LogP contribution in [0, 0.1) is 0 Å². The van der Waals surface area contributed by atoms with Crippen molar-refractivity contribution in [3.8, 4) is 0 Å². The number of aromatic nitrogens is 3. The van der Waals surface area contributed by atoms with E-state index in [0.29, 0.717) is 45.0 Å². The number of likely N-dealkylation sites (N-methyl/N-ethyl adjacent to an activating group) is 1. The van der Waals surface area contributed by atoms with E-state index in [1.807, 2.05) is 19.0 Å². The number of hydrogen-bond donors (Lipinski definition) is 0. The smallest absolute Gasteiger partial charge is 0.260 e. The Kier molecular flexibility index (Phi) is 7.09. The molecule has 0 aliphatic rings. The standard InChI is InChI=1S/C21H21N5O3S2.ClH/c1-25(2)10-11-26(20(27)14-4-6-16-18(12-14)23-9-8-22-16)21-24-17-7-5-15(31(3,28)29)13-19(17)30-21;/h4-9,12-13H,10-11H2,1-3H3;1H. The molecule has 0 atom stereocenters. The summed E-state index contributed by atoms with van der Waals surface area (Å²) in [5.41, 5.74) is 2.50. The summed E-state index contributed by atoms with van der Waals surface area (Å²) in [6.45, 7) is 1.08. The first kappa shape index (κ1) is 24.0. The summed E-state index contributed by atoms with van der Waals surface area (Å²) < 4.78 is 24.5. The fourth-order valence-corrected chi connectivity index (χ4v) is 4.83. The van der Waals surface area contributed by atoms with Gasteiger partial charge < -0.3 is 4.90 Å². The minimum Gasteiger partial charge on any atom is -0.308 e. The molecule has 0 aliphatic heterocycles. The van der Waals surface area contributed by atoms with Crippen molar-refractivity contribution in [2.24, 2.45) is 0 Å². The monoisotopic (exact) mass is 491 g/mol. The van der Waals surface area contributed by atoms with Gasteiger partial charge in [-0.05, 0) is 50.5 Å². The van der Waals surface area contributed by atoms with Crippen LogP contribution in [-0.2, 0) is 9.84 Å². The maximum absolute atomic E-state index is 13.4. The van der Waals surface area contributed by atoms with Gasteiger partial charge in [-0.2, -0.15) is 0 Å². The molecule has 2 heterocycles. The second kappa shape index (κ2) is 9.45. The molecule has 168 valence electrons. The van der Waals surface area contributed by atoms with E-state index in [1.54, 1.807) is 47.6 Å². The van der Waals surface area contributed by atoms with Crippen molar-refractivity contribution < 1.29 is 13.2 Å². The van der Waals surface area contributed by atoms with Gasteiger partial charge in [-0.1, -0.05) is 11.3 Å². The molecule has 0 N–H and O–H groups in total. The van der Waals surface area contributed by atoms with Gasteiger partial charge >= 0.3 is 0 Å². The Morgan fingerprint density at radius 3 is 2.34 bits per heavy atom. The number of hydrogen-bond acceptors (Lipinski definition) is 8. The highest BCUT2D eigenvalue weighted by Crippen LogP contribution is 2.31. The molecule has 0 fully saturated rings. The van der Waals surface area contributed by atoms with E-state index in [9.17, 15) is 13.2 Å². The Morgan fingerprint density at radius 2 is 1.66 bits per heavy atom. The molecule has 0 unspecified atom stereocenters. The maximum atomic E-state index is 13.4. The summed E-state index contributed by atoms with van der Waals surface area (Å²) in [5.74, 6) is -0.197. The number of amides is 1. The van der Waals surface area contributed by atoms with E-state index in [4.69, 9.17) is 0 Å². The first-order chi connectivity index (χ1) is 14.7. The number of anilines is 1. The molecule has 32 heavy (non-hydrogen) atoms. The van der Waals surface area contributed by atoms with Crippen LogP contribution >= 0.6 is 23.7 Å². The topological polar surface area (TPSA) is 96.4 Å². The van der Waals surface area contributed by atoms with Gasteiger partial charge in [-0.3, -0.25) is 19.7 Å². The molecule has 1 amide bonds. The summed E-state index contributed by atoms with van der Waals surface area (Å²) in [5, 5.41) is 0.520. The van der Waals surface area contributed by atoms with E-state index >= 15 is 0 Å². The van der Waals surface area contributed by atoms with Gasteiger partial charge in [0.1, 0.15) is 0 Å². The molecule has 0 saturated heterocycles. The van der Waals surface area contributed by atoms with Gasteiger partial charge in [0.05, 0.1) is 26.1 Å². The number of carbonyl (C=O) groups is 1. The highest BCUT2D eigenvalue weighted by atomic mass is 35.5. The van der Waals surface area contributed by atoms with Crippen LogP contribution < -0.4 is 4.90 Å². The highest BCUT2D eigenvalue weighted by Gasteiger charge is 2.22. The van der Waals surface area contributed by atoms with Crippen LogP contribution in [0.2, 0.25) is 0 Å². The van der Waals surface area contributed by atoms with Crippen molar-refractivity contribution in [1.29, 1.82) is 0 Å². The average Bonchev–Trinajstić information content (AvgIpc) is 3.15. The SMILES string of the molecule is CN(C)CCN(C(=O)c1ccc2nccnc2c1)c1nc2ccc(S(C)(=O)=O)cc2s1.Cl. The normalized spacial score (nSPS) is 11.6. The fourth-order valence-electron chi connectivity index (χ4n) is 3.08.